The molecule has 0 aromatic carbocycles. The van der Waals surface area contributed by atoms with Crippen molar-refractivity contribution in [2.45, 2.75) is 37.6 Å². The summed E-state index contributed by atoms with van der Waals surface area (Å²) in [4.78, 5) is 0. The summed E-state index contributed by atoms with van der Waals surface area (Å²) >= 11 is 0. The SMILES string of the molecule is CO[C@H]1O[C@@H](C)[C@@H](O)C(N)[C@@H]1O. The average molecular weight is 177 g/mol. The third-order valence-corrected chi connectivity index (χ3v) is 2.13. The highest BCUT2D eigenvalue weighted by molar-refractivity contribution is 4.89. The van der Waals surface area contributed by atoms with Crippen LogP contribution in [0.4, 0.5) is 0 Å². The van der Waals surface area contributed by atoms with Crippen molar-refractivity contribution in [2.24, 2.45) is 5.73 Å². The van der Waals surface area contributed by atoms with Gasteiger partial charge in [-0.25, -0.2) is 0 Å². The Kier molecular flexibility index (Phi) is 3.03. The van der Waals surface area contributed by atoms with Crippen LogP contribution in [0.3, 0.4) is 0 Å². The molecule has 0 radical (unpaired) electrons. The molecule has 1 saturated heterocycles. The first-order valence-electron chi connectivity index (χ1n) is 3.88. The topological polar surface area (TPSA) is 84.9 Å². The van der Waals surface area contributed by atoms with E-state index >= 15 is 0 Å². The molecular formula is C7H15NO4. The number of aliphatic hydroxyl groups excluding tert-OH is 2. The van der Waals surface area contributed by atoms with Crippen LogP contribution in [-0.4, -0.2) is 48.0 Å². The third kappa shape index (κ3) is 1.60. The normalized spacial score (nSPS) is 49.2. The molecule has 0 bridgehead atoms. The van der Waals surface area contributed by atoms with Crippen LogP contribution in [0.1, 0.15) is 6.92 Å². The van der Waals surface area contributed by atoms with Gasteiger partial charge >= 0.3 is 0 Å². The van der Waals surface area contributed by atoms with E-state index in [1.165, 1.54) is 7.11 Å². The van der Waals surface area contributed by atoms with Crippen LogP contribution in [0.5, 0.6) is 0 Å². The van der Waals surface area contributed by atoms with Gasteiger partial charge in [0.2, 0.25) is 0 Å². The molecule has 0 spiro atoms. The lowest BCUT2D eigenvalue weighted by atomic mass is 9.98. The second-order valence-electron chi connectivity index (χ2n) is 3.00. The van der Waals surface area contributed by atoms with Crippen molar-refractivity contribution in [1.29, 1.82) is 0 Å². The van der Waals surface area contributed by atoms with E-state index in [1.807, 2.05) is 0 Å². The fraction of sp³-hybridized carbons (Fsp3) is 1.00. The van der Waals surface area contributed by atoms with Gasteiger partial charge in [-0.2, -0.15) is 0 Å². The van der Waals surface area contributed by atoms with Crippen molar-refractivity contribution in [1.82, 2.24) is 0 Å². The van der Waals surface area contributed by atoms with Gasteiger partial charge in [-0.1, -0.05) is 0 Å². The molecule has 5 nitrogen and oxygen atoms in total. The predicted molar refractivity (Wildman–Crippen MR) is 41.3 cm³/mol. The molecule has 12 heavy (non-hydrogen) atoms. The summed E-state index contributed by atoms with van der Waals surface area (Å²) in [5.41, 5.74) is 5.52. The van der Waals surface area contributed by atoms with Crippen LogP contribution in [0.15, 0.2) is 0 Å². The van der Waals surface area contributed by atoms with Crippen LogP contribution in [0, 0.1) is 0 Å². The Morgan fingerprint density at radius 2 is 1.92 bits per heavy atom. The highest BCUT2D eigenvalue weighted by Crippen LogP contribution is 2.19. The number of aliphatic hydroxyl groups is 2. The minimum atomic E-state index is -0.971. The molecule has 4 N–H and O–H groups in total. The number of rotatable bonds is 1. The van der Waals surface area contributed by atoms with Crippen molar-refractivity contribution in [3.05, 3.63) is 0 Å². The smallest absolute Gasteiger partial charge is 0.185 e. The summed E-state index contributed by atoms with van der Waals surface area (Å²) in [6.07, 6.45) is -2.96. The van der Waals surface area contributed by atoms with E-state index in [0.29, 0.717) is 0 Å². The van der Waals surface area contributed by atoms with Crippen molar-refractivity contribution in [3.8, 4) is 0 Å². The van der Waals surface area contributed by atoms with E-state index in [4.69, 9.17) is 15.2 Å². The first-order valence-corrected chi connectivity index (χ1v) is 3.88. The molecule has 1 aliphatic heterocycles. The third-order valence-electron chi connectivity index (χ3n) is 2.13. The molecule has 0 saturated carbocycles. The largest absolute Gasteiger partial charge is 0.389 e. The maximum absolute atomic E-state index is 9.39. The first kappa shape index (κ1) is 9.88. The number of nitrogens with two attached hydrogens (primary N) is 1. The Bertz CT molecular complexity index is 150. The van der Waals surface area contributed by atoms with Crippen molar-refractivity contribution in [2.75, 3.05) is 7.11 Å². The Balaban J connectivity index is 2.63. The van der Waals surface area contributed by atoms with Crippen molar-refractivity contribution in [3.63, 3.8) is 0 Å². The van der Waals surface area contributed by atoms with E-state index in [1.54, 1.807) is 6.92 Å². The van der Waals surface area contributed by atoms with Crippen LogP contribution in [0.25, 0.3) is 0 Å². The van der Waals surface area contributed by atoms with Gasteiger partial charge in [-0.05, 0) is 6.92 Å². The van der Waals surface area contributed by atoms with E-state index in [-0.39, 0.29) is 0 Å². The lowest BCUT2D eigenvalue weighted by molar-refractivity contribution is -0.258. The van der Waals surface area contributed by atoms with Crippen LogP contribution in [-0.2, 0) is 9.47 Å². The Morgan fingerprint density at radius 3 is 2.42 bits per heavy atom. The molecule has 5 atom stereocenters. The van der Waals surface area contributed by atoms with Crippen molar-refractivity contribution >= 4 is 0 Å². The molecule has 1 fully saturated rings. The Labute approximate surface area is 71.1 Å². The molecule has 1 heterocycles. The molecule has 1 aliphatic rings. The number of ether oxygens (including phenoxy) is 2. The predicted octanol–water partition coefficient (Wildman–Crippen LogP) is -1.57. The zero-order chi connectivity index (χ0) is 9.30. The molecule has 1 rings (SSSR count). The second-order valence-corrected chi connectivity index (χ2v) is 3.00. The zero-order valence-corrected chi connectivity index (χ0v) is 7.18. The maximum Gasteiger partial charge on any atom is 0.185 e. The summed E-state index contributed by atoms with van der Waals surface area (Å²) in [5, 5.41) is 18.8. The lowest BCUT2D eigenvalue weighted by Crippen LogP contribution is -2.60. The van der Waals surface area contributed by atoms with E-state index in [2.05, 4.69) is 0 Å². The minimum Gasteiger partial charge on any atom is -0.389 e. The molecule has 1 unspecified atom stereocenters. The maximum atomic E-state index is 9.39. The number of hydrogen-bond donors (Lipinski definition) is 3. The lowest BCUT2D eigenvalue weighted by Gasteiger charge is -2.39. The highest BCUT2D eigenvalue weighted by atomic mass is 16.7. The molecule has 0 aliphatic carbocycles. The van der Waals surface area contributed by atoms with Gasteiger partial charge in [0.15, 0.2) is 6.29 Å². The summed E-state index contributed by atoms with van der Waals surface area (Å²) in [7, 11) is 1.42. The fourth-order valence-corrected chi connectivity index (χ4v) is 1.26. The molecule has 0 aromatic heterocycles. The van der Waals surface area contributed by atoms with Gasteiger partial charge < -0.3 is 25.4 Å². The van der Waals surface area contributed by atoms with Gasteiger partial charge in [0.1, 0.15) is 6.10 Å². The van der Waals surface area contributed by atoms with E-state index < -0.39 is 30.6 Å². The van der Waals surface area contributed by atoms with Crippen LogP contribution < -0.4 is 5.73 Å². The Hall–Kier alpha value is -0.200. The van der Waals surface area contributed by atoms with Crippen LogP contribution in [0.2, 0.25) is 0 Å². The van der Waals surface area contributed by atoms with E-state index in [0.717, 1.165) is 0 Å². The molecule has 0 aromatic rings. The fourth-order valence-electron chi connectivity index (χ4n) is 1.26. The minimum absolute atomic E-state index is 0.409. The first-order chi connectivity index (χ1) is 5.57. The summed E-state index contributed by atoms with van der Waals surface area (Å²) in [5.74, 6) is 0. The Morgan fingerprint density at radius 1 is 1.33 bits per heavy atom. The number of methoxy groups -OCH3 is 1. The van der Waals surface area contributed by atoms with E-state index in [9.17, 15) is 10.2 Å². The van der Waals surface area contributed by atoms with Gasteiger partial charge in [0.05, 0.1) is 18.2 Å². The molecule has 5 heteroatoms. The molecular weight excluding hydrogens is 162 g/mol. The summed E-state index contributed by atoms with van der Waals surface area (Å²) < 4.78 is 9.96. The zero-order valence-electron chi connectivity index (χ0n) is 7.18. The van der Waals surface area contributed by atoms with Gasteiger partial charge in [-0.3, -0.25) is 0 Å². The summed E-state index contributed by atoms with van der Waals surface area (Å²) in [6, 6.07) is -0.710. The van der Waals surface area contributed by atoms with Crippen molar-refractivity contribution < 1.29 is 19.7 Å². The number of hydrogen-bond acceptors (Lipinski definition) is 5. The van der Waals surface area contributed by atoms with Gasteiger partial charge in [0.25, 0.3) is 0 Å². The van der Waals surface area contributed by atoms with Gasteiger partial charge in [0, 0.05) is 7.11 Å². The second kappa shape index (κ2) is 3.68. The quantitative estimate of drug-likeness (QED) is 0.450. The monoisotopic (exact) mass is 177 g/mol. The molecule has 72 valence electrons. The highest BCUT2D eigenvalue weighted by Gasteiger charge is 2.40. The average Bonchev–Trinajstić information content (AvgIpc) is 2.08. The van der Waals surface area contributed by atoms with Crippen LogP contribution >= 0.6 is 0 Å². The molecule has 0 amide bonds. The standard InChI is InChI=1S/C7H15NO4/c1-3-5(9)4(8)6(10)7(11-2)12-3/h3-7,9-10H,8H2,1-2H3/t3-,4?,5+,6-,7-/m0/s1. The summed E-state index contributed by atoms with van der Waals surface area (Å²) in [6.45, 7) is 1.68. The van der Waals surface area contributed by atoms with Gasteiger partial charge in [-0.15, -0.1) is 0 Å².